The first-order chi connectivity index (χ1) is 4.04. The summed E-state index contributed by atoms with van der Waals surface area (Å²) in [7, 11) is 0. The molecule has 0 aromatic heterocycles. The molecule has 0 aliphatic rings. The van der Waals surface area contributed by atoms with E-state index in [9.17, 15) is 13.2 Å². The number of halogens is 3. The molecule has 56 valence electrons. The van der Waals surface area contributed by atoms with Crippen LogP contribution in [0.15, 0.2) is 0 Å². The van der Waals surface area contributed by atoms with Gasteiger partial charge >= 0.3 is 0 Å². The minimum atomic E-state index is -3.12. The van der Waals surface area contributed by atoms with E-state index < -0.39 is 18.5 Å². The highest BCUT2D eigenvalue weighted by molar-refractivity contribution is 4.72. The molecule has 0 aromatic rings. The number of rotatable bonds is 3. The van der Waals surface area contributed by atoms with Gasteiger partial charge in [-0.1, -0.05) is 13.8 Å². The molecule has 0 bridgehead atoms. The van der Waals surface area contributed by atoms with Crippen LogP contribution >= 0.6 is 0 Å². The second-order valence-electron chi connectivity index (χ2n) is 1.99. The Balaban J connectivity index is 3.80. The van der Waals surface area contributed by atoms with E-state index in [0.29, 0.717) is 0 Å². The van der Waals surface area contributed by atoms with Crippen LogP contribution in [0.3, 0.4) is 0 Å². The van der Waals surface area contributed by atoms with Gasteiger partial charge in [0, 0.05) is 6.42 Å². The lowest BCUT2D eigenvalue weighted by molar-refractivity contribution is -0.0755. The lowest BCUT2D eigenvalue weighted by Gasteiger charge is -2.16. The second-order valence-corrected chi connectivity index (χ2v) is 1.99. The van der Waals surface area contributed by atoms with Gasteiger partial charge in [-0.3, -0.25) is 0 Å². The van der Waals surface area contributed by atoms with Gasteiger partial charge in [-0.25, -0.2) is 13.2 Å². The molecule has 0 fully saturated rings. The summed E-state index contributed by atoms with van der Waals surface area (Å²) in [5, 5.41) is 0. The van der Waals surface area contributed by atoms with Gasteiger partial charge in [-0.15, -0.1) is 0 Å². The van der Waals surface area contributed by atoms with Crippen molar-refractivity contribution in [2.75, 3.05) is 0 Å². The number of alkyl halides is 3. The van der Waals surface area contributed by atoms with Crippen LogP contribution in [0.5, 0.6) is 0 Å². The Labute approximate surface area is 53.1 Å². The van der Waals surface area contributed by atoms with E-state index in [1.807, 2.05) is 0 Å². The Morgan fingerprint density at radius 2 is 1.78 bits per heavy atom. The van der Waals surface area contributed by atoms with E-state index in [2.05, 4.69) is 0 Å². The van der Waals surface area contributed by atoms with E-state index in [0.717, 1.165) is 0 Å². The van der Waals surface area contributed by atoms with E-state index >= 15 is 0 Å². The first kappa shape index (κ1) is 8.79. The Bertz CT molecular complexity index is 80.4. The van der Waals surface area contributed by atoms with E-state index in [1.54, 1.807) is 0 Å². The zero-order valence-electron chi connectivity index (χ0n) is 5.63. The van der Waals surface area contributed by atoms with Crippen molar-refractivity contribution in [1.82, 2.24) is 0 Å². The number of hydrogen-bond donors (Lipinski definition) is 0. The molecule has 0 aliphatic carbocycles. The van der Waals surface area contributed by atoms with Crippen molar-refractivity contribution in [2.24, 2.45) is 0 Å². The molecule has 0 spiro atoms. The van der Waals surface area contributed by atoms with Crippen LogP contribution in [0.4, 0.5) is 13.2 Å². The number of hydrogen-bond acceptors (Lipinski definition) is 0. The fourth-order valence-corrected chi connectivity index (χ4v) is 0.520. The van der Waals surface area contributed by atoms with Gasteiger partial charge in [0.05, 0.1) is 0 Å². The highest BCUT2D eigenvalue weighted by Crippen LogP contribution is 2.26. The van der Waals surface area contributed by atoms with E-state index in [-0.39, 0.29) is 6.42 Å². The highest BCUT2D eigenvalue weighted by atomic mass is 19.3. The van der Waals surface area contributed by atoms with Crippen LogP contribution in [-0.2, 0) is 0 Å². The molecule has 3 heteroatoms. The van der Waals surface area contributed by atoms with Gasteiger partial charge in [-0.05, 0) is 6.42 Å². The maximum Gasteiger partial charge on any atom is 0.278 e. The summed E-state index contributed by atoms with van der Waals surface area (Å²) in [6.07, 6.45) is -2.49. The maximum absolute atomic E-state index is 12.2. The predicted molar refractivity (Wildman–Crippen MR) is 30.4 cm³/mol. The molecular formula is C6H11F3. The van der Waals surface area contributed by atoms with Crippen LogP contribution in [-0.4, -0.2) is 12.1 Å². The molecule has 0 N–H and O–H groups in total. The molecule has 0 nitrogen and oxygen atoms in total. The summed E-state index contributed by atoms with van der Waals surface area (Å²) >= 11 is 0. The fraction of sp³-hybridized carbons (Fsp3) is 1.00. The Hall–Kier alpha value is -0.210. The monoisotopic (exact) mass is 140 g/mol. The van der Waals surface area contributed by atoms with Gasteiger partial charge in [0.15, 0.2) is 6.17 Å². The van der Waals surface area contributed by atoms with E-state index in [4.69, 9.17) is 0 Å². The van der Waals surface area contributed by atoms with Crippen molar-refractivity contribution in [2.45, 2.75) is 38.8 Å². The SMILES string of the molecule is CC[C@H](F)C(F)(F)CC. The Morgan fingerprint density at radius 3 is 1.89 bits per heavy atom. The van der Waals surface area contributed by atoms with Crippen LogP contribution in [0, 0.1) is 0 Å². The van der Waals surface area contributed by atoms with Crippen LogP contribution < -0.4 is 0 Å². The summed E-state index contributed by atoms with van der Waals surface area (Å²) in [6.45, 7) is 2.69. The normalized spacial score (nSPS) is 15.7. The maximum atomic E-state index is 12.2. The van der Waals surface area contributed by atoms with Crippen molar-refractivity contribution in [3.05, 3.63) is 0 Å². The Kier molecular flexibility index (Phi) is 3.01. The Morgan fingerprint density at radius 1 is 1.33 bits per heavy atom. The summed E-state index contributed by atoms with van der Waals surface area (Å²) in [5.41, 5.74) is 0. The summed E-state index contributed by atoms with van der Waals surface area (Å²) in [5.74, 6) is -3.12. The zero-order valence-corrected chi connectivity index (χ0v) is 5.63. The molecule has 9 heavy (non-hydrogen) atoms. The fourth-order valence-electron chi connectivity index (χ4n) is 0.520. The van der Waals surface area contributed by atoms with Crippen molar-refractivity contribution >= 4 is 0 Å². The lowest BCUT2D eigenvalue weighted by Crippen LogP contribution is -2.28. The topological polar surface area (TPSA) is 0 Å². The molecular weight excluding hydrogens is 129 g/mol. The quantitative estimate of drug-likeness (QED) is 0.565. The molecule has 0 rings (SSSR count). The molecule has 0 saturated heterocycles. The molecule has 0 radical (unpaired) electrons. The van der Waals surface area contributed by atoms with Crippen molar-refractivity contribution in [3.63, 3.8) is 0 Å². The molecule has 0 aliphatic heterocycles. The largest absolute Gasteiger partial charge is 0.278 e. The molecule has 0 amide bonds. The minimum Gasteiger partial charge on any atom is -0.241 e. The van der Waals surface area contributed by atoms with Gasteiger partial charge in [0.1, 0.15) is 0 Å². The van der Waals surface area contributed by atoms with Crippen LogP contribution in [0.25, 0.3) is 0 Å². The summed E-state index contributed by atoms with van der Waals surface area (Å²) < 4.78 is 36.5. The van der Waals surface area contributed by atoms with E-state index in [1.165, 1.54) is 13.8 Å². The lowest BCUT2D eigenvalue weighted by atomic mass is 10.1. The van der Waals surface area contributed by atoms with Gasteiger partial charge < -0.3 is 0 Å². The first-order valence-electron chi connectivity index (χ1n) is 3.06. The third-order valence-corrected chi connectivity index (χ3v) is 1.29. The molecule has 1 atom stereocenters. The molecule has 0 unspecified atom stereocenters. The second kappa shape index (κ2) is 3.08. The highest BCUT2D eigenvalue weighted by Gasteiger charge is 2.36. The van der Waals surface area contributed by atoms with Crippen LogP contribution in [0.1, 0.15) is 26.7 Å². The summed E-state index contributed by atoms with van der Waals surface area (Å²) in [4.78, 5) is 0. The smallest absolute Gasteiger partial charge is 0.241 e. The van der Waals surface area contributed by atoms with Gasteiger partial charge in [0.25, 0.3) is 5.92 Å². The average Bonchev–Trinajstić information content (AvgIpc) is 1.86. The van der Waals surface area contributed by atoms with Crippen LogP contribution in [0.2, 0.25) is 0 Å². The predicted octanol–water partition coefficient (Wildman–Crippen LogP) is 2.78. The van der Waals surface area contributed by atoms with Crippen molar-refractivity contribution in [1.29, 1.82) is 0 Å². The average molecular weight is 140 g/mol. The molecule has 0 heterocycles. The van der Waals surface area contributed by atoms with Gasteiger partial charge in [-0.2, -0.15) is 0 Å². The van der Waals surface area contributed by atoms with Crippen molar-refractivity contribution < 1.29 is 13.2 Å². The van der Waals surface area contributed by atoms with Gasteiger partial charge in [0.2, 0.25) is 0 Å². The molecule has 0 saturated carbocycles. The third kappa shape index (κ3) is 2.24. The van der Waals surface area contributed by atoms with Crippen molar-refractivity contribution in [3.8, 4) is 0 Å². The minimum absolute atomic E-state index is 0.110. The zero-order chi connectivity index (χ0) is 7.49. The molecule has 0 aromatic carbocycles. The summed E-state index contributed by atoms with van der Waals surface area (Å²) in [6, 6.07) is 0. The standard InChI is InChI=1S/C6H11F3/c1-3-5(7)6(8,9)4-2/h5H,3-4H2,1-2H3/t5-/m0/s1. The first-order valence-corrected chi connectivity index (χ1v) is 3.06. The third-order valence-electron chi connectivity index (χ3n) is 1.29.